The number of hydrogen-bond donors (Lipinski definition) is 1. The lowest BCUT2D eigenvalue weighted by molar-refractivity contribution is 0.394. The van der Waals surface area contributed by atoms with Gasteiger partial charge in [-0.1, -0.05) is 20.3 Å². The number of aromatic nitrogens is 2. The largest absolute Gasteiger partial charge is 0.315 e. The molecule has 3 nitrogen and oxygen atoms in total. The van der Waals surface area contributed by atoms with Crippen LogP contribution in [0.15, 0.2) is 12.3 Å². The van der Waals surface area contributed by atoms with E-state index in [-0.39, 0.29) is 0 Å². The van der Waals surface area contributed by atoms with Crippen molar-refractivity contribution in [3.63, 3.8) is 0 Å². The summed E-state index contributed by atoms with van der Waals surface area (Å²) in [6.07, 6.45) is 5.68. The average Bonchev–Trinajstić information content (AvgIpc) is 2.64. The van der Waals surface area contributed by atoms with Crippen LogP contribution in [-0.4, -0.2) is 22.9 Å². The zero-order valence-electron chi connectivity index (χ0n) is 10.2. The van der Waals surface area contributed by atoms with Gasteiger partial charge in [-0.25, -0.2) is 0 Å². The topological polar surface area (TPSA) is 29.9 Å². The van der Waals surface area contributed by atoms with E-state index in [0.29, 0.717) is 6.04 Å². The fourth-order valence-electron chi connectivity index (χ4n) is 1.74. The minimum atomic E-state index is 0.509. The van der Waals surface area contributed by atoms with Gasteiger partial charge in [-0.3, -0.25) is 4.68 Å². The van der Waals surface area contributed by atoms with Crippen molar-refractivity contribution in [1.29, 1.82) is 0 Å². The normalized spacial score (nSPS) is 13.0. The van der Waals surface area contributed by atoms with Gasteiger partial charge in [0.2, 0.25) is 0 Å². The van der Waals surface area contributed by atoms with Gasteiger partial charge >= 0.3 is 0 Å². The maximum absolute atomic E-state index is 4.49. The number of hydrogen-bond acceptors (Lipinski definition) is 2. The molecule has 1 unspecified atom stereocenters. The fourth-order valence-corrected chi connectivity index (χ4v) is 1.74. The first kappa shape index (κ1) is 12.2. The predicted octanol–water partition coefficient (Wildman–Crippen LogP) is 2.53. The Morgan fingerprint density at radius 3 is 2.73 bits per heavy atom. The van der Waals surface area contributed by atoms with E-state index in [1.54, 1.807) is 0 Å². The van der Waals surface area contributed by atoms with Crippen molar-refractivity contribution in [2.45, 2.75) is 46.1 Å². The van der Waals surface area contributed by atoms with Crippen molar-refractivity contribution in [2.24, 2.45) is 0 Å². The maximum atomic E-state index is 4.49. The summed E-state index contributed by atoms with van der Waals surface area (Å²) in [5, 5.41) is 7.95. The Balaban J connectivity index is 2.49. The fraction of sp³-hybridized carbons (Fsp3) is 0.750. The highest BCUT2D eigenvalue weighted by Gasteiger charge is 2.09. The molecule has 1 N–H and O–H groups in total. The Kier molecular flexibility index (Phi) is 5.40. The lowest BCUT2D eigenvalue weighted by Gasteiger charge is -2.17. The minimum Gasteiger partial charge on any atom is -0.315 e. The van der Waals surface area contributed by atoms with E-state index in [1.165, 1.54) is 19.3 Å². The molecule has 0 aliphatic carbocycles. The van der Waals surface area contributed by atoms with Gasteiger partial charge in [0.05, 0.1) is 11.7 Å². The van der Waals surface area contributed by atoms with E-state index in [4.69, 9.17) is 0 Å². The van der Waals surface area contributed by atoms with Gasteiger partial charge in [0.15, 0.2) is 0 Å². The van der Waals surface area contributed by atoms with Crippen LogP contribution in [0.3, 0.4) is 0 Å². The maximum Gasteiger partial charge on any atom is 0.0643 e. The zero-order chi connectivity index (χ0) is 11.1. The van der Waals surface area contributed by atoms with Gasteiger partial charge in [-0.15, -0.1) is 0 Å². The van der Waals surface area contributed by atoms with Crippen LogP contribution in [0.5, 0.6) is 0 Å². The molecular weight excluding hydrogens is 186 g/mol. The molecule has 15 heavy (non-hydrogen) atoms. The molecule has 0 spiro atoms. The Bertz CT molecular complexity index is 268. The molecule has 0 aliphatic rings. The summed E-state index contributed by atoms with van der Waals surface area (Å²) in [5.74, 6) is 0. The monoisotopic (exact) mass is 209 g/mol. The minimum absolute atomic E-state index is 0.509. The Morgan fingerprint density at radius 1 is 1.40 bits per heavy atom. The first-order valence-electron chi connectivity index (χ1n) is 6.00. The second-order valence-electron chi connectivity index (χ2n) is 4.08. The first-order chi connectivity index (χ1) is 7.27. The molecule has 1 aromatic rings. The van der Waals surface area contributed by atoms with Crippen molar-refractivity contribution >= 4 is 0 Å². The van der Waals surface area contributed by atoms with Crippen molar-refractivity contribution in [3.8, 4) is 0 Å². The summed E-state index contributed by atoms with van der Waals surface area (Å²) in [5.41, 5.74) is 1.10. The van der Waals surface area contributed by atoms with Gasteiger partial charge < -0.3 is 5.32 Å². The van der Waals surface area contributed by atoms with Gasteiger partial charge in [0.1, 0.15) is 0 Å². The van der Waals surface area contributed by atoms with Crippen molar-refractivity contribution in [2.75, 3.05) is 13.1 Å². The highest BCUT2D eigenvalue weighted by molar-refractivity contribution is 4.96. The summed E-state index contributed by atoms with van der Waals surface area (Å²) in [7, 11) is 0. The standard InChI is InChI=1S/C12H23N3/c1-4-6-12(10-13-8-5-2)15-9-7-11(3)14-15/h7,9,12-13H,4-6,8,10H2,1-3H3. The van der Waals surface area contributed by atoms with E-state index in [1.807, 2.05) is 6.92 Å². The van der Waals surface area contributed by atoms with Crippen molar-refractivity contribution in [3.05, 3.63) is 18.0 Å². The molecule has 1 rings (SSSR count). The Labute approximate surface area is 92.9 Å². The van der Waals surface area contributed by atoms with Crippen LogP contribution in [0.2, 0.25) is 0 Å². The molecular formula is C12H23N3. The van der Waals surface area contributed by atoms with Crippen LogP contribution in [0.25, 0.3) is 0 Å². The molecule has 1 atom stereocenters. The molecule has 0 amide bonds. The van der Waals surface area contributed by atoms with Gasteiger partial charge in [-0.05, 0) is 32.4 Å². The molecule has 0 saturated heterocycles. The second-order valence-corrected chi connectivity index (χ2v) is 4.08. The molecule has 0 aromatic carbocycles. The lowest BCUT2D eigenvalue weighted by atomic mass is 10.1. The van der Waals surface area contributed by atoms with Crippen LogP contribution >= 0.6 is 0 Å². The third-order valence-electron chi connectivity index (χ3n) is 2.54. The number of aryl methyl sites for hydroxylation is 1. The molecule has 1 aromatic heterocycles. The molecule has 0 aliphatic heterocycles. The van der Waals surface area contributed by atoms with Crippen molar-refractivity contribution < 1.29 is 0 Å². The molecule has 86 valence electrons. The summed E-state index contributed by atoms with van der Waals surface area (Å²) in [4.78, 5) is 0. The van der Waals surface area contributed by atoms with E-state index in [9.17, 15) is 0 Å². The van der Waals surface area contributed by atoms with Crippen LogP contribution in [0.1, 0.15) is 44.8 Å². The quantitative estimate of drug-likeness (QED) is 0.699. The summed E-state index contributed by atoms with van der Waals surface area (Å²) < 4.78 is 2.10. The van der Waals surface area contributed by atoms with E-state index in [0.717, 1.165) is 18.8 Å². The third-order valence-corrected chi connectivity index (χ3v) is 2.54. The zero-order valence-corrected chi connectivity index (χ0v) is 10.2. The molecule has 0 saturated carbocycles. The number of nitrogens with zero attached hydrogens (tertiary/aromatic N) is 2. The summed E-state index contributed by atoms with van der Waals surface area (Å²) >= 11 is 0. The van der Waals surface area contributed by atoms with Crippen LogP contribution in [-0.2, 0) is 0 Å². The molecule has 0 bridgehead atoms. The number of nitrogens with one attached hydrogen (secondary N) is 1. The first-order valence-corrected chi connectivity index (χ1v) is 6.00. The summed E-state index contributed by atoms with van der Waals surface area (Å²) in [6.45, 7) is 8.59. The van der Waals surface area contributed by atoms with Crippen LogP contribution in [0, 0.1) is 6.92 Å². The van der Waals surface area contributed by atoms with Gasteiger partial charge in [0.25, 0.3) is 0 Å². The average molecular weight is 209 g/mol. The van der Waals surface area contributed by atoms with Crippen LogP contribution < -0.4 is 5.32 Å². The van der Waals surface area contributed by atoms with E-state index < -0.39 is 0 Å². The highest BCUT2D eigenvalue weighted by Crippen LogP contribution is 2.12. The molecule has 3 heteroatoms. The Morgan fingerprint density at radius 2 is 2.20 bits per heavy atom. The third kappa shape index (κ3) is 4.04. The van der Waals surface area contributed by atoms with E-state index in [2.05, 4.69) is 41.2 Å². The molecule has 0 fully saturated rings. The van der Waals surface area contributed by atoms with Gasteiger partial charge in [-0.2, -0.15) is 5.10 Å². The second kappa shape index (κ2) is 6.62. The summed E-state index contributed by atoms with van der Waals surface area (Å²) in [6, 6.07) is 2.58. The highest BCUT2D eigenvalue weighted by atomic mass is 15.3. The SMILES string of the molecule is CCCNCC(CCC)n1ccc(C)n1. The lowest BCUT2D eigenvalue weighted by Crippen LogP contribution is -2.26. The Hall–Kier alpha value is -0.830. The van der Waals surface area contributed by atoms with Gasteiger partial charge in [0, 0.05) is 12.7 Å². The molecule has 1 heterocycles. The van der Waals surface area contributed by atoms with E-state index >= 15 is 0 Å². The smallest absolute Gasteiger partial charge is 0.0643 e. The molecule has 0 radical (unpaired) electrons. The van der Waals surface area contributed by atoms with Crippen molar-refractivity contribution in [1.82, 2.24) is 15.1 Å². The van der Waals surface area contributed by atoms with Crippen LogP contribution in [0.4, 0.5) is 0 Å². The number of rotatable bonds is 7. The predicted molar refractivity (Wildman–Crippen MR) is 64.1 cm³/mol.